The first-order valence-electron chi connectivity index (χ1n) is 10.4. The number of aromatic carboxylic acids is 1. The number of carboxylic acid groups (broad SMARTS) is 1. The molecule has 0 spiro atoms. The van der Waals surface area contributed by atoms with E-state index in [0.717, 1.165) is 5.76 Å². The van der Waals surface area contributed by atoms with E-state index in [0.29, 0.717) is 34.3 Å². The van der Waals surface area contributed by atoms with Crippen LogP contribution in [0, 0.1) is 0 Å². The van der Waals surface area contributed by atoms with Gasteiger partial charge in [0.05, 0.1) is 29.5 Å². The molecular weight excluding hydrogens is 424 g/mol. The molecule has 2 heterocycles. The molecule has 168 valence electrons. The zero-order valence-corrected chi connectivity index (χ0v) is 17.9. The quantitative estimate of drug-likeness (QED) is 0.381. The number of hydrogen-bond donors (Lipinski definition) is 2. The Hall–Kier alpha value is -4.33. The van der Waals surface area contributed by atoms with Gasteiger partial charge in [0.1, 0.15) is 5.76 Å². The predicted octanol–water partition coefficient (Wildman–Crippen LogP) is 4.67. The number of nitrogens with one attached hydrogen (secondary N) is 1. The van der Waals surface area contributed by atoms with Crippen LogP contribution in [0.5, 0.6) is 0 Å². The van der Waals surface area contributed by atoms with E-state index in [1.807, 2.05) is 0 Å². The summed E-state index contributed by atoms with van der Waals surface area (Å²) in [5, 5.41) is 13.0. The zero-order chi connectivity index (χ0) is 23.4. The summed E-state index contributed by atoms with van der Waals surface area (Å²) in [5.41, 5.74) is 2.37. The van der Waals surface area contributed by atoms with Crippen LogP contribution in [0.1, 0.15) is 39.8 Å². The number of aromatic nitrogens is 1. The van der Waals surface area contributed by atoms with Crippen LogP contribution < -0.4 is 5.32 Å². The molecular formula is C25H22N2O6. The smallest absolute Gasteiger partial charge is 0.338 e. The number of aryl methyl sites for hydroxylation is 1. The third kappa shape index (κ3) is 4.79. The molecule has 0 saturated carbocycles. The highest BCUT2D eigenvalue weighted by atomic mass is 16.5. The Labute approximate surface area is 189 Å². The summed E-state index contributed by atoms with van der Waals surface area (Å²) in [4.78, 5) is 36.1. The second-order valence-corrected chi connectivity index (χ2v) is 7.34. The fourth-order valence-corrected chi connectivity index (χ4v) is 3.58. The third-order valence-corrected chi connectivity index (χ3v) is 5.15. The predicted molar refractivity (Wildman–Crippen MR) is 122 cm³/mol. The minimum atomic E-state index is -1.08. The van der Waals surface area contributed by atoms with Crippen LogP contribution in [0.2, 0.25) is 0 Å². The molecule has 8 heteroatoms. The molecule has 0 radical (unpaired) electrons. The van der Waals surface area contributed by atoms with Crippen molar-refractivity contribution in [3.8, 4) is 5.69 Å². The average Bonchev–Trinajstić information content (AvgIpc) is 3.46. The fourth-order valence-electron chi connectivity index (χ4n) is 3.58. The van der Waals surface area contributed by atoms with Crippen LogP contribution in [0.3, 0.4) is 0 Å². The van der Waals surface area contributed by atoms with Gasteiger partial charge < -0.3 is 24.1 Å². The molecule has 4 rings (SSSR count). The molecule has 0 fully saturated rings. The van der Waals surface area contributed by atoms with Gasteiger partial charge in [0.25, 0.3) is 0 Å². The van der Waals surface area contributed by atoms with E-state index in [1.54, 1.807) is 72.4 Å². The number of ether oxygens (including phenoxy) is 1. The Balaban J connectivity index is 1.60. The van der Waals surface area contributed by atoms with Crippen LogP contribution in [0.25, 0.3) is 16.6 Å². The van der Waals surface area contributed by atoms with Crippen LogP contribution in [-0.4, -0.2) is 34.1 Å². The fraction of sp³-hybridized carbons (Fsp3) is 0.160. The van der Waals surface area contributed by atoms with Gasteiger partial charge in [0, 0.05) is 35.8 Å². The maximum absolute atomic E-state index is 12.3. The minimum Gasteiger partial charge on any atom is -0.478 e. The second-order valence-electron chi connectivity index (χ2n) is 7.34. The largest absolute Gasteiger partial charge is 0.478 e. The lowest BCUT2D eigenvalue weighted by Gasteiger charge is -2.08. The lowest BCUT2D eigenvalue weighted by molar-refractivity contribution is -0.116. The highest BCUT2D eigenvalue weighted by molar-refractivity contribution is 6.06. The van der Waals surface area contributed by atoms with Crippen molar-refractivity contribution in [3.05, 3.63) is 83.9 Å². The van der Waals surface area contributed by atoms with Gasteiger partial charge >= 0.3 is 11.9 Å². The summed E-state index contributed by atoms with van der Waals surface area (Å²) in [5.74, 6) is -0.973. The van der Waals surface area contributed by atoms with Crippen molar-refractivity contribution in [2.45, 2.75) is 19.8 Å². The SMILES string of the molecule is CCOC(=O)c1ccc(-n2cc(C(=O)O)c3cc(NC(=O)CCc4ccco4)ccc32)cc1. The Kier molecular flexibility index (Phi) is 6.26. The summed E-state index contributed by atoms with van der Waals surface area (Å²) < 4.78 is 12.0. The second kappa shape index (κ2) is 9.44. The molecule has 4 aromatic rings. The normalized spacial score (nSPS) is 10.8. The average molecular weight is 446 g/mol. The van der Waals surface area contributed by atoms with Crippen molar-refractivity contribution in [3.63, 3.8) is 0 Å². The molecule has 2 aromatic heterocycles. The number of carboxylic acids is 1. The summed E-state index contributed by atoms with van der Waals surface area (Å²) in [7, 11) is 0. The van der Waals surface area contributed by atoms with Gasteiger partial charge in [-0.1, -0.05) is 0 Å². The summed E-state index contributed by atoms with van der Waals surface area (Å²) in [6.07, 6.45) is 3.79. The molecule has 33 heavy (non-hydrogen) atoms. The van der Waals surface area contributed by atoms with Crippen LogP contribution in [0.15, 0.2) is 71.5 Å². The van der Waals surface area contributed by atoms with Gasteiger partial charge in [0.2, 0.25) is 5.91 Å². The number of carbonyl (C=O) groups is 3. The van der Waals surface area contributed by atoms with E-state index >= 15 is 0 Å². The van der Waals surface area contributed by atoms with Crippen LogP contribution in [-0.2, 0) is 16.0 Å². The van der Waals surface area contributed by atoms with Crippen molar-refractivity contribution in [1.29, 1.82) is 0 Å². The molecule has 0 bridgehead atoms. The molecule has 0 unspecified atom stereocenters. The summed E-state index contributed by atoms with van der Waals surface area (Å²) in [6.45, 7) is 2.02. The number of fused-ring (bicyclic) bond motifs is 1. The van der Waals surface area contributed by atoms with Gasteiger partial charge in [-0.05, 0) is 61.5 Å². The minimum absolute atomic E-state index is 0.103. The molecule has 0 aliphatic rings. The molecule has 8 nitrogen and oxygen atoms in total. The standard InChI is InChI=1S/C25H22N2O6/c1-2-32-25(31)16-5-8-18(9-6-16)27-15-21(24(29)30)20-14-17(7-11-22(20)27)26-23(28)12-10-19-4-3-13-33-19/h3-9,11,13-15H,2,10,12H2,1H3,(H,26,28)(H,29,30). The first-order chi connectivity index (χ1) is 16.0. The van der Waals surface area contributed by atoms with E-state index in [9.17, 15) is 19.5 Å². The lowest BCUT2D eigenvalue weighted by Crippen LogP contribution is -2.12. The van der Waals surface area contributed by atoms with Gasteiger partial charge in [-0.3, -0.25) is 4.79 Å². The van der Waals surface area contributed by atoms with Crippen molar-refractivity contribution in [2.24, 2.45) is 0 Å². The maximum Gasteiger partial charge on any atom is 0.338 e. The van der Waals surface area contributed by atoms with Crippen molar-refractivity contribution >= 4 is 34.4 Å². The van der Waals surface area contributed by atoms with E-state index in [-0.39, 0.29) is 24.5 Å². The topological polar surface area (TPSA) is 111 Å². The number of nitrogens with zero attached hydrogens (tertiary/aromatic N) is 1. The lowest BCUT2D eigenvalue weighted by atomic mass is 10.1. The van der Waals surface area contributed by atoms with E-state index < -0.39 is 11.9 Å². The number of amides is 1. The number of esters is 1. The van der Waals surface area contributed by atoms with E-state index in [2.05, 4.69) is 5.32 Å². The Morgan fingerprint density at radius 1 is 1.09 bits per heavy atom. The maximum atomic E-state index is 12.3. The number of furan rings is 1. The Morgan fingerprint density at radius 2 is 1.88 bits per heavy atom. The Bertz CT molecular complexity index is 1300. The Morgan fingerprint density at radius 3 is 2.55 bits per heavy atom. The highest BCUT2D eigenvalue weighted by Gasteiger charge is 2.17. The number of anilines is 1. The first-order valence-corrected chi connectivity index (χ1v) is 10.4. The summed E-state index contributed by atoms with van der Waals surface area (Å²) >= 11 is 0. The molecule has 1 amide bonds. The van der Waals surface area contributed by atoms with Gasteiger partial charge in [-0.2, -0.15) is 0 Å². The van der Waals surface area contributed by atoms with Crippen LogP contribution in [0.4, 0.5) is 5.69 Å². The number of benzene rings is 2. The van der Waals surface area contributed by atoms with E-state index in [4.69, 9.17) is 9.15 Å². The third-order valence-electron chi connectivity index (χ3n) is 5.15. The van der Waals surface area contributed by atoms with Gasteiger partial charge in [-0.15, -0.1) is 0 Å². The van der Waals surface area contributed by atoms with Gasteiger partial charge in [-0.25, -0.2) is 9.59 Å². The zero-order valence-electron chi connectivity index (χ0n) is 17.9. The summed E-state index contributed by atoms with van der Waals surface area (Å²) in [6, 6.07) is 15.4. The first kappa shape index (κ1) is 21.9. The van der Waals surface area contributed by atoms with E-state index in [1.165, 1.54) is 6.20 Å². The number of hydrogen-bond acceptors (Lipinski definition) is 5. The number of carbonyl (C=O) groups excluding carboxylic acids is 2. The molecule has 2 aromatic carbocycles. The number of rotatable bonds is 8. The molecule has 0 aliphatic carbocycles. The van der Waals surface area contributed by atoms with Crippen molar-refractivity contribution < 1.29 is 28.6 Å². The van der Waals surface area contributed by atoms with Crippen molar-refractivity contribution in [2.75, 3.05) is 11.9 Å². The van der Waals surface area contributed by atoms with Gasteiger partial charge in [0.15, 0.2) is 0 Å². The molecule has 0 atom stereocenters. The molecule has 0 saturated heterocycles. The van der Waals surface area contributed by atoms with Crippen LogP contribution >= 0.6 is 0 Å². The molecule has 2 N–H and O–H groups in total. The highest BCUT2D eigenvalue weighted by Crippen LogP contribution is 2.28. The molecule has 0 aliphatic heterocycles. The van der Waals surface area contributed by atoms with Crippen molar-refractivity contribution in [1.82, 2.24) is 4.57 Å². The monoisotopic (exact) mass is 446 g/mol.